The Kier molecular flexibility index (Phi) is 3.28. The Hall–Kier alpha value is -2.35. The highest BCUT2D eigenvalue weighted by atomic mass is 16.5. The van der Waals surface area contributed by atoms with Crippen LogP contribution in [0.2, 0.25) is 0 Å². The van der Waals surface area contributed by atoms with Gasteiger partial charge in [-0.3, -0.25) is 0 Å². The van der Waals surface area contributed by atoms with Crippen LogP contribution in [0.15, 0.2) is 48.5 Å². The minimum Gasteiger partial charge on any atom is -0.486 e. The Bertz CT molecular complexity index is 998. The Morgan fingerprint density at radius 1 is 0.880 bits per heavy atom. The Morgan fingerprint density at radius 3 is 2.36 bits per heavy atom. The van der Waals surface area contributed by atoms with E-state index in [1.165, 1.54) is 33.3 Å². The lowest BCUT2D eigenvalue weighted by atomic mass is 9.73. The first kappa shape index (κ1) is 16.1. The number of fused-ring (bicyclic) bond motifs is 2. The van der Waals surface area contributed by atoms with Crippen LogP contribution >= 0.6 is 0 Å². The summed E-state index contributed by atoms with van der Waals surface area (Å²) in [7, 11) is 2.14. The summed E-state index contributed by atoms with van der Waals surface area (Å²) in [6.07, 6.45) is 0. The molecule has 2 heterocycles. The number of aryl methyl sites for hydroxylation is 2. The molecular weight excluding hydrogens is 306 g/mol. The van der Waals surface area contributed by atoms with Crippen LogP contribution in [-0.4, -0.2) is 5.60 Å². The topological polar surface area (TPSA) is 13.1 Å². The third-order valence-corrected chi connectivity index (χ3v) is 6.24. The van der Waals surface area contributed by atoms with Crippen molar-refractivity contribution in [3.63, 3.8) is 0 Å². The van der Waals surface area contributed by atoms with Crippen molar-refractivity contribution in [2.24, 2.45) is 7.05 Å². The summed E-state index contributed by atoms with van der Waals surface area (Å²) in [5, 5.41) is 1.25. The SMILES string of the molecule is Cc1ccc2c(c1-c1ccc3ccccc3[n+]1C)OC(C)(C)C2(C)C. The minimum atomic E-state index is -0.229. The molecule has 0 fully saturated rings. The molecule has 2 nitrogen and oxygen atoms in total. The fourth-order valence-electron chi connectivity index (χ4n) is 3.90. The third kappa shape index (κ3) is 2.13. The molecule has 1 aliphatic heterocycles. The zero-order valence-corrected chi connectivity index (χ0v) is 16.0. The highest BCUT2D eigenvalue weighted by Crippen LogP contribution is 2.52. The number of rotatable bonds is 1. The Labute approximate surface area is 150 Å². The normalized spacial score (nSPS) is 17.4. The molecule has 25 heavy (non-hydrogen) atoms. The summed E-state index contributed by atoms with van der Waals surface area (Å²) in [4.78, 5) is 0. The quantitative estimate of drug-likeness (QED) is 0.566. The maximum Gasteiger partial charge on any atom is 0.216 e. The van der Waals surface area contributed by atoms with Gasteiger partial charge in [0.25, 0.3) is 0 Å². The van der Waals surface area contributed by atoms with Gasteiger partial charge in [0.2, 0.25) is 11.2 Å². The molecule has 0 aliphatic carbocycles. The molecule has 0 N–H and O–H groups in total. The molecule has 0 bridgehead atoms. The number of para-hydroxylation sites is 1. The number of aromatic nitrogens is 1. The first-order valence-corrected chi connectivity index (χ1v) is 8.95. The van der Waals surface area contributed by atoms with Gasteiger partial charge in [0, 0.05) is 28.5 Å². The number of nitrogens with zero attached hydrogens (tertiary/aromatic N) is 1. The first-order valence-electron chi connectivity index (χ1n) is 8.95. The average molecular weight is 332 g/mol. The molecule has 0 radical (unpaired) electrons. The van der Waals surface area contributed by atoms with Crippen molar-refractivity contribution in [1.29, 1.82) is 0 Å². The summed E-state index contributed by atoms with van der Waals surface area (Å²) in [6, 6.07) is 17.4. The van der Waals surface area contributed by atoms with Gasteiger partial charge in [0.15, 0.2) is 0 Å². The van der Waals surface area contributed by atoms with Crippen molar-refractivity contribution in [3.05, 3.63) is 59.7 Å². The van der Waals surface area contributed by atoms with E-state index in [2.05, 4.69) is 94.8 Å². The maximum atomic E-state index is 6.53. The molecule has 2 aromatic carbocycles. The molecule has 4 rings (SSSR count). The lowest BCUT2D eigenvalue weighted by Gasteiger charge is -2.33. The monoisotopic (exact) mass is 332 g/mol. The second kappa shape index (κ2) is 5.08. The van der Waals surface area contributed by atoms with E-state index in [0.29, 0.717) is 0 Å². The smallest absolute Gasteiger partial charge is 0.216 e. The van der Waals surface area contributed by atoms with Crippen LogP contribution < -0.4 is 9.30 Å². The van der Waals surface area contributed by atoms with Crippen LogP contribution in [0.3, 0.4) is 0 Å². The van der Waals surface area contributed by atoms with Crippen LogP contribution in [0.1, 0.15) is 38.8 Å². The number of ether oxygens (including phenoxy) is 1. The van der Waals surface area contributed by atoms with Crippen molar-refractivity contribution in [2.75, 3.05) is 0 Å². The van der Waals surface area contributed by atoms with Crippen molar-refractivity contribution < 1.29 is 9.30 Å². The standard InChI is InChI=1S/C23H26NO/c1-15-11-13-17-21(25-23(4,5)22(17,2)3)20(15)19-14-12-16-9-7-8-10-18(16)24(19)6/h7-14H,1-6H3/q+1. The molecule has 1 aromatic heterocycles. The molecule has 0 spiro atoms. The predicted molar refractivity (Wildman–Crippen MR) is 103 cm³/mol. The van der Waals surface area contributed by atoms with E-state index in [9.17, 15) is 0 Å². The molecule has 1 aliphatic rings. The molecule has 128 valence electrons. The van der Waals surface area contributed by atoms with Crippen molar-refractivity contribution in [3.8, 4) is 17.0 Å². The van der Waals surface area contributed by atoms with Crippen LogP contribution in [0, 0.1) is 6.92 Å². The zero-order valence-electron chi connectivity index (χ0n) is 16.0. The summed E-state index contributed by atoms with van der Waals surface area (Å²) >= 11 is 0. The van der Waals surface area contributed by atoms with Gasteiger partial charge in [0.05, 0.1) is 5.56 Å². The number of hydrogen-bond acceptors (Lipinski definition) is 1. The minimum absolute atomic E-state index is 0.0276. The van der Waals surface area contributed by atoms with Gasteiger partial charge >= 0.3 is 0 Å². The number of pyridine rings is 1. The second-order valence-electron chi connectivity index (χ2n) is 8.21. The average Bonchev–Trinajstić information content (AvgIpc) is 2.74. The lowest BCUT2D eigenvalue weighted by molar-refractivity contribution is -0.633. The molecule has 0 saturated carbocycles. The van der Waals surface area contributed by atoms with Crippen LogP contribution in [0.5, 0.6) is 5.75 Å². The number of benzene rings is 2. The van der Waals surface area contributed by atoms with Gasteiger partial charge in [-0.25, -0.2) is 0 Å². The summed E-state index contributed by atoms with van der Waals surface area (Å²) < 4.78 is 8.81. The first-order chi connectivity index (χ1) is 11.7. The molecule has 3 aromatic rings. The van der Waals surface area contributed by atoms with Gasteiger partial charge < -0.3 is 4.74 Å². The number of hydrogen-bond donors (Lipinski definition) is 0. The van der Waals surface area contributed by atoms with E-state index >= 15 is 0 Å². The summed E-state index contributed by atoms with van der Waals surface area (Å²) in [5.74, 6) is 1.04. The molecule has 0 saturated heterocycles. The third-order valence-electron chi connectivity index (χ3n) is 6.24. The van der Waals surface area contributed by atoms with E-state index in [0.717, 1.165) is 5.75 Å². The summed E-state index contributed by atoms with van der Waals surface area (Å²) in [6.45, 7) is 11.1. The van der Waals surface area contributed by atoms with Gasteiger partial charge in [0.1, 0.15) is 18.4 Å². The zero-order chi connectivity index (χ0) is 18.0. The van der Waals surface area contributed by atoms with Crippen molar-refractivity contribution in [1.82, 2.24) is 0 Å². The molecule has 2 heteroatoms. The lowest BCUT2D eigenvalue weighted by Crippen LogP contribution is -2.42. The van der Waals surface area contributed by atoms with E-state index in [1.807, 2.05) is 0 Å². The second-order valence-corrected chi connectivity index (χ2v) is 8.21. The van der Waals surface area contributed by atoms with Gasteiger partial charge in [-0.05, 0) is 38.5 Å². The van der Waals surface area contributed by atoms with E-state index < -0.39 is 0 Å². The molecular formula is C23H26NO+. The van der Waals surface area contributed by atoms with Crippen LogP contribution in [0.4, 0.5) is 0 Å². The van der Waals surface area contributed by atoms with Gasteiger partial charge in [-0.2, -0.15) is 4.57 Å². The van der Waals surface area contributed by atoms with E-state index in [1.54, 1.807) is 0 Å². The van der Waals surface area contributed by atoms with Crippen molar-refractivity contribution >= 4 is 10.9 Å². The highest BCUT2D eigenvalue weighted by Gasteiger charge is 2.49. The predicted octanol–water partition coefficient (Wildman–Crippen LogP) is 5.09. The highest BCUT2D eigenvalue weighted by molar-refractivity contribution is 5.80. The fourth-order valence-corrected chi connectivity index (χ4v) is 3.90. The Morgan fingerprint density at radius 2 is 1.60 bits per heavy atom. The van der Waals surface area contributed by atoms with Gasteiger partial charge in [-0.15, -0.1) is 0 Å². The maximum absolute atomic E-state index is 6.53. The van der Waals surface area contributed by atoms with Gasteiger partial charge in [-0.1, -0.05) is 38.1 Å². The van der Waals surface area contributed by atoms with E-state index in [-0.39, 0.29) is 11.0 Å². The molecule has 0 atom stereocenters. The largest absolute Gasteiger partial charge is 0.486 e. The van der Waals surface area contributed by atoms with Crippen molar-refractivity contribution in [2.45, 2.75) is 45.6 Å². The van der Waals surface area contributed by atoms with Crippen LogP contribution in [-0.2, 0) is 12.5 Å². The van der Waals surface area contributed by atoms with Crippen LogP contribution in [0.25, 0.3) is 22.2 Å². The fraction of sp³-hybridized carbons (Fsp3) is 0.348. The molecule has 0 amide bonds. The van der Waals surface area contributed by atoms with E-state index in [4.69, 9.17) is 4.74 Å². The molecule has 0 unspecified atom stereocenters. The summed E-state index contributed by atoms with van der Waals surface area (Å²) in [5.41, 5.74) is 5.93. The Balaban J connectivity index is 2.04.